The van der Waals surface area contributed by atoms with Crippen molar-refractivity contribution in [3.05, 3.63) is 109 Å². The number of aromatic nitrogens is 2. The Morgan fingerprint density at radius 2 is 0.778 bits per heavy atom. The highest BCUT2D eigenvalue weighted by atomic mass is 15.0. The molecule has 182 valence electrons. The first kappa shape index (κ1) is 23.9. The minimum Gasteiger partial charge on any atom is -0.338 e. The molecule has 0 aliphatic carbocycles. The maximum atomic E-state index is 2.51. The van der Waals surface area contributed by atoms with Crippen LogP contribution in [0.4, 0.5) is 0 Å². The van der Waals surface area contributed by atoms with E-state index in [0.717, 1.165) is 12.8 Å². The van der Waals surface area contributed by atoms with Crippen LogP contribution in [-0.2, 0) is 0 Å². The van der Waals surface area contributed by atoms with Gasteiger partial charge in [-0.2, -0.15) is 0 Å². The van der Waals surface area contributed by atoms with Gasteiger partial charge in [0.2, 0.25) is 0 Å². The Kier molecular flexibility index (Phi) is 6.95. The predicted octanol–water partition coefficient (Wildman–Crippen LogP) is 9.90. The standard InChI is InChI=1S/C34H36N2/c1-5-25(3)35-31(27-14-9-7-10-15-27)20-22-33(35)29-18-13-19-30(24-29)34-23-21-32(36(34)26(4)6-2)28-16-11-8-12-17-28/h7-26H,5-6H2,1-4H3. The lowest BCUT2D eigenvalue weighted by Gasteiger charge is -2.22. The molecule has 5 aromatic rings. The largest absolute Gasteiger partial charge is 0.338 e. The van der Waals surface area contributed by atoms with Gasteiger partial charge >= 0.3 is 0 Å². The maximum absolute atomic E-state index is 2.51. The zero-order valence-corrected chi connectivity index (χ0v) is 21.9. The molecule has 0 radical (unpaired) electrons. The van der Waals surface area contributed by atoms with E-state index in [0.29, 0.717) is 12.1 Å². The molecule has 0 aliphatic rings. The Balaban J connectivity index is 1.63. The summed E-state index contributed by atoms with van der Waals surface area (Å²) in [6.07, 6.45) is 2.16. The van der Waals surface area contributed by atoms with Crippen LogP contribution in [0.5, 0.6) is 0 Å². The molecule has 2 nitrogen and oxygen atoms in total. The van der Waals surface area contributed by atoms with E-state index in [2.05, 4.69) is 146 Å². The van der Waals surface area contributed by atoms with E-state index in [1.807, 2.05) is 0 Å². The van der Waals surface area contributed by atoms with Gasteiger partial charge < -0.3 is 9.13 Å². The molecule has 5 rings (SSSR count). The van der Waals surface area contributed by atoms with Crippen LogP contribution in [0.3, 0.4) is 0 Å². The molecule has 0 N–H and O–H groups in total. The minimum absolute atomic E-state index is 0.405. The Bertz CT molecular complexity index is 1320. The number of benzene rings is 3. The summed E-state index contributed by atoms with van der Waals surface area (Å²) in [5, 5.41) is 0. The lowest BCUT2D eigenvalue weighted by Crippen LogP contribution is -2.08. The molecule has 2 atom stereocenters. The summed E-state index contributed by atoms with van der Waals surface area (Å²) in [6, 6.07) is 40.5. The van der Waals surface area contributed by atoms with Gasteiger partial charge in [-0.05, 0) is 79.3 Å². The second-order valence-electron chi connectivity index (χ2n) is 9.78. The van der Waals surface area contributed by atoms with Crippen molar-refractivity contribution in [2.75, 3.05) is 0 Å². The molecular formula is C34H36N2. The summed E-state index contributed by atoms with van der Waals surface area (Å²) >= 11 is 0. The second kappa shape index (κ2) is 10.5. The monoisotopic (exact) mass is 472 g/mol. The molecule has 2 unspecified atom stereocenters. The molecule has 0 amide bonds. The van der Waals surface area contributed by atoms with E-state index in [-0.39, 0.29) is 0 Å². The second-order valence-corrected chi connectivity index (χ2v) is 9.78. The summed E-state index contributed by atoms with van der Waals surface area (Å²) in [7, 11) is 0. The van der Waals surface area contributed by atoms with Crippen LogP contribution >= 0.6 is 0 Å². The molecule has 0 bridgehead atoms. The van der Waals surface area contributed by atoms with Gasteiger partial charge in [0.15, 0.2) is 0 Å². The lowest BCUT2D eigenvalue weighted by atomic mass is 10.0. The minimum atomic E-state index is 0.405. The first-order valence-corrected chi connectivity index (χ1v) is 13.3. The van der Waals surface area contributed by atoms with Crippen LogP contribution in [0, 0.1) is 0 Å². The molecule has 2 heteroatoms. The van der Waals surface area contributed by atoms with Gasteiger partial charge in [-0.15, -0.1) is 0 Å². The fraction of sp³-hybridized carbons (Fsp3) is 0.235. The summed E-state index contributed by atoms with van der Waals surface area (Å²) < 4.78 is 5.02. The highest BCUT2D eigenvalue weighted by Crippen LogP contribution is 2.37. The van der Waals surface area contributed by atoms with Gasteiger partial charge in [-0.3, -0.25) is 0 Å². The Morgan fingerprint density at radius 1 is 0.444 bits per heavy atom. The van der Waals surface area contributed by atoms with Crippen molar-refractivity contribution in [1.29, 1.82) is 0 Å². The topological polar surface area (TPSA) is 9.86 Å². The van der Waals surface area contributed by atoms with Gasteiger partial charge in [-0.25, -0.2) is 0 Å². The first-order valence-electron chi connectivity index (χ1n) is 13.3. The van der Waals surface area contributed by atoms with Crippen molar-refractivity contribution >= 4 is 0 Å². The summed E-state index contributed by atoms with van der Waals surface area (Å²) in [4.78, 5) is 0. The molecule has 0 spiro atoms. The summed E-state index contributed by atoms with van der Waals surface area (Å²) in [5.74, 6) is 0. The van der Waals surface area contributed by atoms with Crippen molar-refractivity contribution in [1.82, 2.24) is 9.13 Å². The van der Waals surface area contributed by atoms with E-state index >= 15 is 0 Å². The molecular weight excluding hydrogens is 436 g/mol. The van der Waals surface area contributed by atoms with E-state index in [9.17, 15) is 0 Å². The van der Waals surface area contributed by atoms with E-state index in [1.54, 1.807) is 0 Å². The quantitative estimate of drug-likeness (QED) is 0.213. The van der Waals surface area contributed by atoms with Crippen LogP contribution in [0.25, 0.3) is 45.0 Å². The predicted molar refractivity (Wildman–Crippen MR) is 154 cm³/mol. The smallest absolute Gasteiger partial charge is 0.0488 e. The van der Waals surface area contributed by atoms with Crippen molar-refractivity contribution < 1.29 is 0 Å². The van der Waals surface area contributed by atoms with Crippen LogP contribution < -0.4 is 0 Å². The molecule has 0 saturated carbocycles. The average molecular weight is 473 g/mol. The molecule has 2 heterocycles. The third kappa shape index (κ3) is 4.44. The normalized spacial score (nSPS) is 13.0. The zero-order chi connectivity index (χ0) is 25.1. The van der Waals surface area contributed by atoms with Crippen molar-refractivity contribution in [2.24, 2.45) is 0 Å². The number of hydrogen-bond acceptors (Lipinski definition) is 0. The van der Waals surface area contributed by atoms with E-state index in [4.69, 9.17) is 0 Å². The first-order chi connectivity index (χ1) is 17.6. The van der Waals surface area contributed by atoms with Crippen molar-refractivity contribution in [3.8, 4) is 45.0 Å². The molecule has 0 aliphatic heterocycles. The molecule has 3 aromatic carbocycles. The van der Waals surface area contributed by atoms with Crippen LogP contribution in [-0.4, -0.2) is 9.13 Å². The highest BCUT2D eigenvalue weighted by molar-refractivity contribution is 5.76. The van der Waals surface area contributed by atoms with Crippen LogP contribution in [0.2, 0.25) is 0 Å². The fourth-order valence-electron chi connectivity index (χ4n) is 5.21. The summed E-state index contributed by atoms with van der Waals surface area (Å²) in [5.41, 5.74) is 10.1. The third-order valence-electron chi connectivity index (χ3n) is 7.49. The molecule has 0 saturated heterocycles. The maximum Gasteiger partial charge on any atom is 0.0488 e. The molecule has 0 fully saturated rings. The third-order valence-corrected chi connectivity index (χ3v) is 7.49. The molecule has 2 aromatic heterocycles. The van der Waals surface area contributed by atoms with Gasteiger partial charge in [-0.1, -0.05) is 92.7 Å². The number of rotatable bonds is 8. The Hall–Kier alpha value is -3.78. The number of nitrogens with zero attached hydrogens (tertiary/aromatic N) is 2. The van der Waals surface area contributed by atoms with E-state index in [1.165, 1.54) is 45.0 Å². The van der Waals surface area contributed by atoms with Crippen LogP contribution in [0.15, 0.2) is 109 Å². The Morgan fingerprint density at radius 3 is 1.14 bits per heavy atom. The summed E-state index contributed by atoms with van der Waals surface area (Å²) in [6.45, 7) is 9.17. The SMILES string of the molecule is CCC(C)n1c(-c2ccccc2)ccc1-c1cccc(-c2ccc(-c3ccccc3)n2C(C)CC)c1. The van der Waals surface area contributed by atoms with Crippen LogP contribution in [0.1, 0.15) is 52.6 Å². The highest BCUT2D eigenvalue weighted by Gasteiger charge is 2.19. The number of hydrogen-bond donors (Lipinski definition) is 0. The fourth-order valence-corrected chi connectivity index (χ4v) is 5.21. The zero-order valence-electron chi connectivity index (χ0n) is 21.9. The van der Waals surface area contributed by atoms with Gasteiger partial charge in [0.05, 0.1) is 0 Å². The molecule has 36 heavy (non-hydrogen) atoms. The van der Waals surface area contributed by atoms with Crippen molar-refractivity contribution in [3.63, 3.8) is 0 Å². The van der Waals surface area contributed by atoms with E-state index < -0.39 is 0 Å². The Labute approximate surface area is 215 Å². The van der Waals surface area contributed by atoms with Gasteiger partial charge in [0.1, 0.15) is 0 Å². The van der Waals surface area contributed by atoms with Gasteiger partial charge in [0, 0.05) is 34.9 Å². The van der Waals surface area contributed by atoms with Crippen molar-refractivity contribution in [2.45, 2.75) is 52.6 Å². The van der Waals surface area contributed by atoms with Gasteiger partial charge in [0.25, 0.3) is 0 Å². The lowest BCUT2D eigenvalue weighted by molar-refractivity contribution is 0.542. The average Bonchev–Trinajstić information content (AvgIpc) is 3.59.